The summed E-state index contributed by atoms with van der Waals surface area (Å²) in [4.78, 5) is 23.9. The fourth-order valence-electron chi connectivity index (χ4n) is 2.36. The number of rotatable bonds is 6. The van der Waals surface area contributed by atoms with E-state index in [9.17, 15) is 14.7 Å². The van der Waals surface area contributed by atoms with Gasteiger partial charge in [-0.1, -0.05) is 62.2 Å². The van der Waals surface area contributed by atoms with Gasteiger partial charge in [0.25, 0.3) is 0 Å². The molecule has 0 fully saturated rings. The van der Waals surface area contributed by atoms with Gasteiger partial charge in [0.2, 0.25) is 5.91 Å². The van der Waals surface area contributed by atoms with Crippen LogP contribution in [-0.4, -0.2) is 23.6 Å². The smallest absolute Gasteiger partial charge is 0.319 e. The molecule has 2 aromatic carbocycles. The maximum Gasteiger partial charge on any atom is 0.319 e. The molecular formula is C21H25Cl2N3O3. The molecule has 0 aromatic heterocycles. The molecule has 0 saturated heterocycles. The zero-order valence-corrected chi connectivity index (χ0v) is 18.1. The van der Waals surface area contributed by atoms with Crippen LogP contribution < -0.4 is 16.0 Å². The average molecular weight is 438 g/mol. The molecule has 2 aromatic rings. The molecule has 0 bridgehead atoms. The first kappa shape index (κ1) is 23.0. The number of carbonyl (C=O) groups excluding carboxylic acids is 2. The van der Waals surface area contributed by atoms with E-state index in [0.29, 0.717) is 27.8 Å². The molecule has 0 aliphatic heterocycles. The minimum absolute atomic E-state index is 0.0146. The van der Waals surface area contributed by atoms with Crippen LogP contribution in [0, 0.1) is 5.41 Å². The van der Waals surface area contributed by atoms with Crippen LogP contribution in [0.3, 0.4) is 0 Å². The van der Waals surface area contributed by atoms with Gasteiger partial charge in [-0.05, 0) is 35.4 Å². The fraction of sp³-hybridized carbons (Fsp3) is 0.333. The van der Waals surface area contributed by atoms with Crippen molar-refractivity contribution in [2.75, 3.05) is 11.9 Å². The third-order valence-electron chi connectivity index (χ3n) is 4.13. The van der Waals surface area contributed by atoms with Crippen LogP contribution in [0.4, 0.5) is 10.5 Å². The first-order chi connectivity index (χ1) is 13.6. The number of hydrogen-bond acceptors (Lipinski definition) is 3. The van der Waals surface area contributed by atoms with Crippen molar-refractivity contribution < 1.29 is 14.7 Å². The molecule has 156 valence electrons. The zero-order chi connectivity index (χ0) is 21.6. The highest BCUT2D eigenvalue weighted by Gasteiger charge is 2.20. The molecule has 0 aliphatic rings. The van der Waals surface area contributed by atoms with Gasteiger partial charge < -0.3 is 21.1 Å². The summed E-state index contributed by atoms with van der Waals surface area (Å²) in [5.74, 6) is -0.0281. The van der Waals surface area contributed by atoms with Gasteiger partial charge in [-0.15, -0.1) is 0 Å². The third kappa shape index (κ3) is 7.24. The Balaban J connectivity index is 1.81. The summed E-state index contributed by atoms with van der Waals surface area (Å²) < 4.78 is 0. The van der Waals surface area contributed by atoms with Crippen molar-refractivity contribution in [1.82, 2.24) is 10.6 Å². The summed E-state index contributed by atoms with van der Waals surface area (Å²) in [6, 6.07) is 11.5. The summed E-state index contributed by atoms with van der Waals surface area (Å²) in [7, 11) is 0. The number of nitrogens with one attached hydrogen (secondary N) is 3. The van der Waals surface area contributed by atoms with Gasteiger partial charge in [0.05, 0.1) is 16.1 Å². The molecule has 2 rings (SSSR count). The fourth-order valence-corrected chi connectivity index (χ4v) is 2.66. The van der Waals surface area contributed by atoms with Crippen LogP contribution in [0.2, 0.25) is 10.0 Å². The highest BCUT2D eigenvalue weighted by Crippen LogP contribution is 2.25. The molecule has 4 N–H and O–H groups in total. The van der Waals surface area contributed by atoms with Crippen molar-refractivity contribution in [3.8, 4) is 0 Å². The number of aliphatic hydroxyl groups is 1. The van der Waals surface area contributed by atoms with E-state index in [1.54, 1.807) is 30.3 Å². The Bertz CT molecular complexity index is 864. The van der Waals surface area contributed by atoms with Gasteiger partial charge in [0, 0.05) is 24.2 Å². The summed E-state index contributed by atoms with van der Waals surface area (Å²) >= 11 is 11.8. The lowest BCUT2D eigenvalue weighted by molar-refractivity contribution is -0.128. The van der Waals surface area contributed by atoms with Crippen molar-refractivity contribution in [1.29, 1.82) is 0 Å². The summed E-state index contributed by atoms with van der Waals surface area (Å²) in [5.41, 5.74) is 1.63. The van der Waals surface area contributed by atoms with E-state index in [4.69, 9.17) is 23.2 Å². The van der Waals surface area contributed by atoms with Crippen LogP contribution in [0.25, 0.3) is 0 Å². The van der Waals surface area contributed by atoms with Gasteiger partial charge in [-0.2, -0.15) is 0 Å². The molecule has 0 saturated carbocycles. The van der Waals surface area contributed by atoms with Crippen molar-refractivity contribution in [3.05, 3.63) is 63.6 Å². The van der Waals surface area contributed by atoms with Gasteiger partial charge in [-0.25, -0.2) is 4.79 Å². The van der Waals surface area contributed by atoms with Gasteiger partial charge >= 0.3 is 6.03 Å². The lowest BCUT2D eigenvalue weighted by Crippen LogP contribution is -2.34. The Morgan fingerprint density at radius 2 is 1.66 bits per heavy atom. The van der Waals surface area contributed by atoms with E-state index < -0.39 is 17.6 Å². The van der Waals surface area contributed by atoms with Crippen LogP contribution in [0.15, 0.2) is 42.5 Å². The van der Waals surface area contributed by atoms with Crippen LogP contribution in [0.5, 0.6) is 0 Å². The second-order valence-electron chi connectivity index (χ2n) is 7.65. The molecule has 6 nitrogen and oxygen atoms in total. The molecular weight excluding hydrogens is 413 g/mol. The van der Waals surface area contributed by atoms with Gasteiger partial charge in [-0.3, -0.25) is 4.79 Å². The standard InChI is InChI=1S/C21H25Cl2N3O3/c1-21(2,3)19(28)24-11-13-4-7-15(8-5-13)26-20(29)25-12-18(27)14-6-9-16(22)17(23)10-14/h4-10,18,27H,11-12H2,1-3H3,(H,24,28)(H2,25,26,29)/t18-/m1/s1. The SMILES string of the molecule is CC(C)(C)C(=O)NCc1ccc(NC(=O)NC[C@@H](O)c2ccc(Cl)c(Cl)c2)cc1. The second kappa shape index (κ2) is 9.96. The number of urea groups is 1. The van der Waals surface area contributed by atoms with E-state index in [-0.39, 0.29) is 12.5 Å². The van der Waals surface area contributed by atoms with Gasteiger partial charge in [0.15, 0.2) is 0 Å². The molecule has 29 heavy (non-hydrogen) atoms. The van der Waals surface area contributed by atoms with Crippen molar-refractivity contribution >= 4 is 40.8 Å². The highest BCUT2D eigenvalue weighted by atomic mass is 35.5. The predicted molar refractivity (Wildman–Crippen MR) is 116 cm³/mol. The normalized spacial score (nSPS) is 12.2. The minimum atomic E-state index is -0.913. The third-order valence-corrected chi connectivity index (χ3v) is 4.87. The van der Waals surface area contributed by atoms with Crippen molar-refractivity contribution in [2.24, 2.45) is 5.41 Å². The molecule has 0 unspecified atom stereocenters. The Morgan fingerprint density at radius 3 is 2.24 bits per heavy atom. The van der Waals surface area contributed by atoms with Crippen LogP contribution in [-0.2, 0) is 11.3 Å². The molecule has 0 radical (unpaired) electrons. The van der Waals surface area contributed by atoms with E-state index >= 15 is 0 Å². The molecule has 8 heteroatoms. The van der Waals surface area contributed by atoms with Gasteiger partial charge in [0.1, 0.15) is 0 Å². The number of hydrogen-bond donors (Lipinski definition) is 4. The molecule has 1 atom stereocenters. The summed E-state index contributed by atoms with van der Waals surface area (Å²) in [6.45, 7) is 5.99. The van der Waals surface area contributed by atoms with E-state index in [2.05, 4.69) is 16.0 Å². The van der Waals surface area contributed by atoms with Crippen LogP contribution in [0.1, 0.15) is 38.0 Å². The molecule has 0 aliphatic carbocycles. The molecule has 0 heterocycles. The number of carbonyl (C=O) groups is 2. The molecule has 3 amide bonds. The maximum atomic E-state index is 12.0. The van der Waals surface area contributed by atoms with Crippen LogP contribution >= 0.6 is 23.2 Å². The maximum absolute atomic E-state index is 12.0. The molecule has 0 spiro atoms. The monoisotopic (exact) mass is 437 g/mol. The van der Waals surface area contributed by atoms with Crippen molar-refractivity contribution in [3.63, 3.8) is 0 Å². The van der Waals surface area contributed by atoms with E-state index in [0.717, 1.165) is 5.56 Å². The lowest BCUT2D eigenvalue weighted by atomic mass is 9.95. The average Bonchev–Trinajstić information content (AvgIpc) is 2.66. The van der Waals surface area contributed by atoms with E-state index in [1.165, 1.54) is 0 Å². The van der Waals surface area contributed by atoms with E-state index in [1.807, 2.05) is 32.9 Å². The first-order valence-electron chi connectivity index (χ1n) is 9.11. The topological polar surface area (TPSA) is 90.5 Å². The Kier molecular flexibility index (Phi) is 7.90. The minimum Gasteiger partial charge on any atom is -0.387 e. The zero-order valence-electron chi connectivity index (χ0n) is 16.6. The second-order valence-corrected chi connectivity index (χ2v) is 8.47. The predicted octanol–water partition coefficient (Wildman–Crippen LogP) is 4.51. The highest BCUT2D eigenvalue weighted by molar-refractivity contribution is 6.42. The Morgan fingerprint density at radius 1 is 1.00 bits per heavy atom. The van der Waals surface area contributed by atoms with Crippen molar-refractivity contribution in [2.45, 2.75) is 33.4 Å². The Labute approximate surface area is 180 Å². The first-order valence-corrected chi connectivity index (χ1v) is 9.87. The lowest BCUT2D eigenvalue weighted by Gasteiger charge is -2.17. The quantitative estimate of drug-likeness (QED) is 0.535. The summed E-state index contributed by atoms with van der Waals surface area (Å²) in [6.07, 6.45) is -0.913. The largest absolute Gasteiger partial charge is 0.387 e. The summed E-state index contributed by atoms with van der Waals surface area (Å²) in [5, 5.41) is 19.1. The number of anilines is 1. The number of amides is 3. The number of aliphatic hydroxyl groups excluding tert-OH is 1. The number of benzene rings is 2. The number of halogens is 2. The Hall–Kier alpha value is -2.28.